The van der Waals surface area contributed by atoms with Crippen molar-refractivity contribution in [3.63, 3.8) is 0 Å². The van der Waals surface area contributed by atoms with Crippen LogP contribution in [0.3, 0.4) is 0 Å². The molecule has 0 spiro atoms. The van der Waals surface area contributed by atoms with Gasteiger partial charge in [0.2, 0.25) is 5.95 Å². The zero-order valence-corrected chi connectivity index (χ0v) is 34.0. The quantitative estimate of drug-likeness (QED) is 0.168. The Morgan fingerprint density at radius 2 is 0.746 bits per heavy atom. The number of hydrogen-bond acceptors (Lipinski definition) is 3. The molecule has 6 heteroatoms. The Kier molecular flexibility index (Phi) is 7.80. The van der Waals surface area contributed by atoms with E-state index in [0.717, 1.165) is 77.5 Å². The van der Waals surface area contributed by atoms with Gasteiger partial charge in [-0.25, -0.2) is 4.98 Å². The standard InChI is InChI=1S/C57H36N6/c1-3-16-37(17-4-1)38-30-32-39(33-31-38)55-58-56(40-18-15-21-42(36-40)61-48-26-11-7-22-43(48)44-23-8-12-27-49(44)61)60-57(59-55)63-51-29-14-10-25-47(51)53-52(63)35-34-46-45-24-9-13-28-50(45)62(54(46)53)41-19-5-2-6-20-41/h1-36H. The van der Waals surface area contributed by atoms with Crippen LogP contribution in [0.15, 0.2) is 218 Å². The number of benzene rings is 9. The van der Waals surface area contributed by atoms with Gasteiger partial charge in [-0.3, -0.25) is 4.57 Å². The zero-order chi connectivity index (χ0) is 41.4. The molecule has 294 valence electrons. The number of aromatic nitrogens is 6. The van der Waals surface area contributed by atoms with Crippen LogP contribution in [0.1, 0.15) is 0 Å². The van der Waals surface area contributed by atoms with Crippen LogP contribution in [0.25, 0.3) is 117 Å². The fourth-order valence-electron chi connectivity index (χ4n) is 9.72. The largest absolute Gasteiger partial charge is 0.309 e. The van der Waals surface area contributed by atoms with Gasteiger partial charge in [-0.15, -0.1) is 0 Å². The average molecular weight is 805 g/mol. The van der Waals surface area contributed by atoms with Crippen LogP contribution < -0.4 is 0 Å². The molecule has 4 aromatic heterocycles. The highest BCUT2D eigenvalue weighted by molar-refractivity contribution is 6.26. The van der Waals surface area contributed by atoms with E-state index < -0.39 is 0 Å². The second-order valence-electron chi connectivity index (χ2n) is 16.0. The van der Waals surface area contributed by atoms with Crippen LogP contribution in [-0.4, -0.2) is 28.7 Å². The number of para-hydroxylation sites is 5. The van der Waals surface area contributed by atoms with Crippen LogP contribution in [0, 0.1) is 0 Å². The van der Waals surface area contributed by atoms with E-state index in [9.17, 15) is 0 Å². The van der Waals surface area contributed by atoms with E-state index in [-0.39, 0.29) is 0 Å². The van der Waals surface area contributed by atoms with Crippen LogP contribution in [0.4, 0.5) is 0 Å². The summed E-state index contributed by atoms with van der Waals surface area (Å²) in [5, 5.41) is 7.11. The van der Waals surface area contributed by atoms with Gasteiger partial charge in [-0.05, 0) is 65.7 Å². The number of fused-ring (bicyclic) bond motifs is 10. The minimum absolute atomic E-state index is 0.553. The highest BCUT2D eigenvalue weighted by Gasteiger charge is 2.23. The van der Waals surface area contributed by atoms with Crippen molar-refractivity contribution in [3.05, 3.63) is 218 Å². The van der Waals surface area contributed by atoms with Crippen molar-refractivity contribution in [1.82, 2.24) is 28.7 Å². The van der Waals surface area contributed by atoms with Crippen molar-refractivity contribution >= 4 is 65.4 Å². The van der Waals surface area contributed by atoms with Gasteiger partial charge in [0.25, 0.3) is 0 Å². The molecule has 0 radical (unpaired) electrons. The highest BCUT2D eigenvalue weighted by Crippen LogP contribution is 2.42. The van der Waals surface area contributed by atoms with Crippen molar-refractivity contribution in [1.29, 1.82) is 0 Å². The summed E-state index contributed by atoms with van der Waals surface area (Å²) in [6, 6.07) is 77.2. The van der Waals surface area contributed by atoms with Gasteiger partial charge >= 0.3 is 0 Å². The highest BCUT2D eigenvalue weighted by atomic mass is 15.2. The molecule has 63 heavy (non-hydrogen) atoms. The van der Waals surface area contributed by atoms with Gasteiger partial charge in [0.05, 0.1) is 33.1 Å². The lowest BCUT2D eigenvalue weighted by Gasteiger charge is -2.13. The molecule has 13 aromatic rings. The molecule has 0 saturated carbocycles. The zero-order valence-electron chi connectivity index (χ0n) is 34.0. The van der Waals surface area contributed by atoms with Gasteiger partial charge in [-0.1, -0.05) is 164 Å². The summed E-state index contributed by atoms with van der Waals surface area (Å²) in [6.45, 7) is 0. The van der Waals surface area contributed by atoms with E-state index in [0.29, 0.717) is 17.6 Å². The lowest BCUT2D eigenvalue weighted by atomic mass is 10.0. The van der Waals surface area contributed by atoms with Crippen molar-refractivity contribution in [2.75, 3.05) is 0 Å². The van der Waals surface area contributed by atoms with Crippen molar-refractivity contribution in [3.8, 4) is 51.2 Å². The lowest BCUT2D eigenvalue weighted by Crippen LogP contribution is -2.06. The Bertz CT molecular complexity index is 3840. The third-order valence-corrected chi connectivity index (χ3v) is 12.5. The summed E-state index contributed by atoms with van der Waals surface area (Å²) in [6.07, 6.45) is 0. The number of nitrogens with zero attached hydrogens (tertiary/aromatic N) is 6. The first-order chi connectivity index (χ1) is 31.3. The molecule has 0 saturated heterocycles. The van der Waals surface area contributed by atoms with E-state index in [1.165, 1.54) is 21.5 Å². The van der Waals surface area contributed by atoms with Crippen LogP contribution >= 0.6 is 0 Å². The molecule has 0 amide bonds. The minimum atomic E-state index is 0.553. The Balaban J connectivity index is 1.07. The van der Waals surface area contributed by atoms with Gasteiger partial charge < -0.3 is 9.13 Å². The monoisotopic (exact) mass is 804 g/mol. The maximum absolute atomic E-state index is 5.41. The maximum Gasteiger partial charge on any atom is 0.238 e. The van der Waals surface area contributed by atoms with Gasteiger partial charge in [-0.2, -0.15) is 9.97 Å². The smallest absolute Gasteiger partial charge is 0.238 e. The SMILES string of the molecule is c1ccc(-c2ccc(-c3nc(-c4cccc(-n5c6ccccc6c6ccccc65)c4)nc(-n4c5ccccc5c5c4ccc4c6ccccc6n(-c6ccccc6)c45)n3)cc2)cc1. The Hall–Kier alpha value is -8.61. The first kappa shape index (κ1) is 35.2. The molecule has 0 fully saturated rings. The van der Waals surface area contributed by atoms with Crippen molar-refractivity contribution in [2.24, 2.45) is 0 Å². The maximum atomic E-state index is 5.41. The summed E-state index contributed by atoms with van der Waals surface area (Å²) in [7, 11) is 0. The van der Waals surface area contributed by atoms with Crippen LogP contribution in [0.2, 0.25) is 0 Å². The molecule has 0 N–H and O–H groups in total. The third kappa shape index (κ3) is 5.48. The lowest BCUT2D eigenvalue weighted by molar-refractivity contribution is 0.953. The molecule has 6 nitrogen and oxygen atoms in total. The fourth-order valence-corrected chi connectivity index (χ4v) is 9.72. The summed E-state index contributed by atoms with van der Waals surface area (Å²) >= 11 is 0. The first-order valence-corrected chi connectivity index (χ1v) is 21.3. The summed E-state index contributed by atoms with van der Waals surface area (Å²) in [5.74, 6) is 1.75. The predicted octanol–water partition coefficient (Wildman–Crippen LogP) is 14.2. The minimum Gasteiger partial charge on any atom is -0.309 e. The Morgan fingerprint density at radius 3 is 1.41 bits per heavy atom. The van der Waals surface area contributed by atoms with Crippen LogP contribution in [0.5, 0.6) is 0 Å². The van der Waals surface area contributed by atoms with E-state index >= 15 is 0 Å². The fraction of sp³-hybridized carbons (Fsp3) is 0. The topological polar surface area (TPSA) is 53.5 Å². The molecular formula is C57H36N6. The van der Waals surface area contributed by atoms with E-state index in [1.807, 2.05) is 6.07 Å². The molecule has 13 rings (SSSR count). The number of hydrogen-bond donors (Lipinski definition) is 0. The summed E-state index contributed by atoms with van der Waals surface area (Å²) < 4.78 is 6.97. The number of rotatable bonds is 6. The van der Waals surface area contributed by atoms with Crippen LogP contribution in [-0.2, 0) is 0 Å². The van der Waals surface area contributed by atoms with E-state index in [4.69, 9.17) is 15.0 Å². The first-order valence-electron chi connectivity index (χ1n) is 21.3. The molecule has 0 aliphatic rings. The molecule has 9 aromatic carbocycles. The van der Waals surface area contributed by atoms with Gasteiger partial charge in [0.15, 0.2) is 11.6 Å². The van der Waals surface area contributed by atoms with Crippen molar-refractivity contribution in [2.45, 2.75) is 0 Å². The Morgan fingerprint density at radius 1 is 0.270 bits per heavy atom. The molecule has 4 heterocycles. The molecule has 0 unspecified atom stereocenters. The normalized spacial score (nSPS) is 11.8. The van der Waals surface area contributed by atoms with Crippen molar-refractivity contribution < 1.29 is 0 Å². The van der Waals surface area contributed by atoms with E-state index in [2.05, 4.69) is 226 Å². The second kappa shape index (κ2) is 14.0. The summed E-state index contributed by atoms with van der Waals surface area (Å²) in [5.41, 5.74) is 12.9. The average Bonchev–Trinajstić information content (AvgIpc) is 4.00. The molecule has 0 aliphatic heterocycles. The second-order valence-corrected chi connectivity index (χ2v) is 16.0. The van der Waals surface area contributed by atoms with E-state index in [1.54, 1.807) is 0 Å². The predicted molar refractivity (Wildman–Crippen MR) is 259 cm³/mol. The molecule has 0 aliphatic carbocycles. The summed E-state index contributed by atoms with van der Waals surface area (Å²) in [4.78, 5) is 16.0. The van der Waals surface area contributed by atoms with Gasteiger partial charge in [0, 0.05) is 54.8 Å². The Labute approximate surface area is 362 Å². The molecular weight excluding hydrogens is 769 g/mol. The third-order valence-electron chi connectivity index (χ3n) is 12.5. The molecule has 0 atom stereocenters. The van der Waals surface area contributed by atoms with Gasteiger partial charge in [0.1, 0.15) is 0 Å². The molecule has 0 bridgehead atoms.